The van der Waals surface area contributed by atoms with E-state index in [1.54, 1.807) is 6.92 Å². The average Bonchev–Trinajstić information content (AvgIpc) is 2.28. The minimum Gasteiger partial charge on any atom is -0.299 e. The van der Waals surface area contributed by atoms with Gasteiger partial charge >= 0.3 is 0 Å². The molecule has 2 aromatic rings. The first-order valence-electron chi connectivity index (χ1n) is 5.98. The van der Waals surface area contributed by atoms with Crippen molar-refractivity contribution in [2.45, 2.75) is 32.7 Å². The third-order valence-corrected chi connectivity index (χ3v) is 3.91. The molecular formula is C15H17NOS. The number of aromatic nitrogens is 1. The third-order valence-electron chi connectivity index (χ3n) is 2.85. The van der Waals surface area contributed by atoms with Gasteiger partial charge in [-0.2, -0.15) is 0 Å². The lowest BCUT2D eigenvalue weighted by Crippen LogP contribution is -1.96. The van der Waals surface area contributed by atoms with Crippen LogP contribution in [0.3, 0.4) is 0 Å². The molecule has 1 heterocycles. The number of carbonyl (C=O) groups is 1. The summed E-state index contributed by atoms with van der Waals surface area (Å²) in [5, 5.41) is 2.14. The van der Waals surface area contributed by atoms with Crippen LogP contribution in [0.5, 0.6) is 0 Å². The lowest BCUT2D eigenvalue weighted by molar-refractivity contribution is -0.114. The Bertz CT molecular complexity index is 619. The maximum absolute atomic E-state index is 11.0. The van der Waals surface area contributed by atoms with E-state index in [1.807, 2.05) is 0 Å². The van der Waals surface area contributed by atoms with Gasteiger partial charge in [-0.15, -0.1) is 0 Å². The molecule has 0 bridgehead atoms. The largest absolute Gasteiger partial charge is 0.299 e. The van der Waals surface area contributed by atoms with E-state index >= 15 is 0 Å². The molecule has 0 unspecified atom stereocenters. The van der Waals surface area contributed by atoms with Crippen LogP contribution in [0.25, 0.3) is 10.9 Å². The van der Waals surface area contributed by atoms with Crippen LogP contribution in [-0.2, 0) is 4.79 Å². The maximum atomic E-state index is 11.0. The van der Waals surface area contributed by atoms with Crippen molar-refractivity contribution in [2.24, 2.45) is 0 Å². The summed E-state index contributed by atoms with van der Waals surface area (Å²) in [4.78, 5) is 15.7. The molecule has 0 amide bonds. The van der Waals surface area contributed by atoms with Gasteiger partial charge in [-0.1, -0.05) is 23.4 Å². The Kier molecular flexibility index (Phi) is 3.71. The van der Waals surface area contributed by atoms with E-state index in [0.29, 0.717) is 5.75 Å². The van der Waals surface area contributed by atoms with Crippen LogP contribution in [0, 0.1) is 20.8 Å². The average molecular weight is 259 g/mol. The van der Waals surface area contributed by atoms with Crippen molar-refractivity contribution in [2.75, 3.05) is 5.75 Å². The monoisotopic (exact) mass is 259 g/mol. The van der Waals surface area contributed by atoms with Crippen LogP contribution in [0.2, 0.25) is 0 Å². The molecule has 18 heavy (non-hydrogen) atoms. The smallest absolute Gasteiger partial charge is 0.140 e. The molecule has 0 N–H and O–H groups in total. The van der Waals surface area contributed by atoms with Gasteiger partial charge in [0.1, 0.15) is 5.78 Å². The Hall–Kier alpha value is -1.35. The number of hydrogen-bond donors (Lipinski definition) is 0. The molecule has 0 spiro atoms. The van der Waals surface area contributed by atoms with E-state index < -0.39 is 0 Å². The number of fused-ring (bicyclic) bond motifs is 1. The van der Waals surface area contributed by atoms with Crippen molar-refractivity contribution >= 4 is 28.4 Å². The second-order valence-corrected chi connectivity index (χ2v) is 5.74. The van der Waals surface area contributed by atoms with E-state index in [4.69, 9.17) is 0 Å². The fraction of sp³-hybridized carbons (Fsp3) is 0.333. The SMILES string of the molecule is CC(=O)CSc1cc(C)c2cc(C)cc(C)c2n1. The van der Waals surface area contributed by atoms with E-state index in [2.05, 4.69) is 44.0 Å². The number of pyridine rings is 1. The molecule has 3 heteroatoms. The highest BCUT2D eigenvalue weighted by atomic mass is 32.2. The number of benzene rings is 1. The van der Waals surface area contributed by atoms with Crippen LogP contribution < -0.4 is 0 Å². The zero-order valence-corrected chi connectivity index (χ0v) is 12.0. The van der Waals surface area contributed by atoms with E-state index in [-0.39, 0.29) is 5.78 Å². The Morgan fingerprint density at radius 1 is 1.17 bits per heavy atom. The van der Waals surface area contributed by atoms with Gasteiger partial charge in [0.2, 0.25) is 0 Å². The van der Waals surface area contributed by atoms with Crippen LogP contribution >= 0.6 is 11.8 Å². The van der Waals surface area contributed by atoms with Crippen molar-refractivity contribution in [3.63, 3.8) is 0 Å². The summed E-state index contributed by atoms with van der Waals surface area (Å²) in [6.07, 6.45) is 0. The number of nitrogens with zero attached hydrogens (tertiary/aromatic N) is 1. The van der Waals surface area contributed by atoms with E-state index in [1.165, 1.54) is 33.8 Å². The standard InChI is InChI=1S/C15H17NOS/c1-9-5-11(3)15-13(6-9)10(2)7-14(16-15)18-8-12(4)17/h5-7H,8H2,1-4H3. The number of ketones is 1. The highest BCUT2D eigenvalue weighted by Crippen LogP contribution is 2.26. The van der Waals surface area contributed by atoms with Gasteiger partial charge in [0.15, 0.2) is 0 Å². The molecule has 1 aromatic heterocycles. The Morgan fingerprint density at radius 2 is 1.89 bits per heavy atom. The molecule has 0 aliphatic rings. The summed E-state index contributed by atoms with van der Waals surface area (Å²) in [6.45, 7) is 7.89. The normalized spacial score (nSPS) is 10.9. The summed E-state index contributed by atoms with van der Waals surface area (Å²) in [5.41, 5.74) is 4.72. The third kappa shape index (κ3) is 2.72. The molecule has 1 aromatic carbocycles. The van der Waals surface area contributed by atoms with Gasteiger partial charge in [0.25, 0.3) is 0 Å². The zero-order valence-electron chi connectivity index (χ0n) is 11.2. The minimum atomic E-state index is 0.181. The quantitative estimate of drug-likeness (QED) is 0.784. The van der Waals surface area contributed by atoms with Gasteiger partial charge in [-0.25, -0.2) is 4.98 Å². The summed E-state index contributed by atoms with van der Waals surface area (Å²) in [7, 11) is 0. The first kappa shape index (κ1) is 13.1. The van der Waals surface area contributed by atoms with Gasteiger partial charge in [0, 0.05) is 5.39 Å². The van der Waals surface area contributed by atoms with Crippen LogP contribution in [0.15, 0.2) is 23.2 Å². The summed E-state index contributed by atoms with van der Waals surface area (Å²) < 4.78 is 0. The van der Waals surface area contributed by atoms with Crippen molar-refractivity contribution in [1.29, 1.82) is 0 Å². The Morgan fingerprint density at radius 3 is 2.56 bits per heavy atom. The van der Waals surface area contributed by atoms with Crippen molar-refractivity contribution in [3.8, 4) is 0 Å². The first-order chi connectivity index (χ1) is 8.47. The molecule has 0 saturated carbocycles. The molecule has 0 aliphatic carbocycles. The maximum Gasteiger partial charge on any atom is 0.140 e. The molecule has 0 radical (unpaired) electrons. The van der Waals surface area contributed by atoms with Crippen LogP contribution in [-0.4, -0.2) is 16.5 Å². The number of Topliss-reactive ketones (excluding diaryl/α,β-unsaturated/α-hetero) is 1. The number of rotatable bonds is 3. The van der Waals surface area contributed by atoms with Gasteiger partial charge in [-0.05, 0) is 51.0 Å². The van der Waals surface area contributed by atoms with Crippen molar-refractivity contribution in [3.05, 3.63) is 34.9 Å². The number of aryl methyl sites for hydroxylation is 3. The molecule has 94 valence electrons. The number of thioether (sulfide) groups is 1. The minimum absolute atomic E-state index is 0.181. The van der Waals surface area contributed by atoms with Gasteiger partial charge in [0.05, 0.1) is 16.3 Å². The Labute approximate surface area is 112 Å². The summed E-state index contributed by atoms with van der Waals surface area (Å²) in [6, 6.07) is 6.38. The lowest BCUT2D eigenvalue weighted by Gasteiger charge is -2.09. The molecule has 0 aliphatic heterocycles. The second-order valence-electron chi connectivity index (χ2n) is 4.75. The van der Waals surface area contributed by atoms with Crippen LogP contribution in [0.1, 0.15) is 23.6 Å². The van der Waals surface area contributed by atoms with E-state index in [0.717, 1.165) is 10.5 Å². The van der Waals surface area contributed by atoms with Crippen molar-refractivity contribution < 1.29 is 4.79 Å². The van der Waals surface area contributed by atoms with Crippen LogP contribution in [0.4, 0.5) is 0 Å². The Balaban J connectivity index is 2.51. The fourth-order valence-electron chi connectivity index (χ4n) is 2.06. The van der Waals surface area contributed by atoms with Crippen molar-refractivity contribution in [1.82, 2.24) is 4.98 Å². The zero-order chi connectivity index (χ0) is 13.3. The molecule has 0 saturated heterocycles. The number of hydrogen-bond acceptors (Lipinski definition) is 3. The molecule has 2 nitrogen and oxygen atoms in total. The highest BCUT2D eigenvalue weighted by Gasteiger charge is 2.07. The fourth-order valence-corrected chi connectivity index (χ4v) is 2.83. The van der Waals surface area contributed by atoms with Gasteiger partial charge in [-0.3, -0.25) is 4.79 Å². The molecule has 0 atom stereocenters. The first-order valence-corrected chi connectivity index (χ1v) is 6.97. The van der Waals surface area contributed by atoms with E-state index in [9.17, 15) is 4.79 Å². The van der Waals surface area contributed by atoms with Gasteiger partial charge < -0.3 is 0 Å². The molecular weight excluding hydrogens is 242 g/mol. The lowest BCUT2D eigenvalue weighted by atomic mass is 10.0. The molecule has 0 fully saturated rings. The second kappa shape index (κ2) is 5.11. The predicted octanol–water partition coefficient (Wildman–Crippen LogP) is 3.84. The predicted molar refractivity (Wildman–Crippen MR) is 77.4 cm³/mol. The highest BCUT2D eigenvalue weighted by molar-refractivity contribution is 7.99. The number of carbonyl (C=O) groups excluding carboxylic acids is 1. The summed E-state index contributed by atoms with van der Waals surface area (Å²) in [5.74, 6) is 0.670. The topological polar surface area (TPSA) is 30.0 Å². The summed E-state index contributed by atoms with van der Waals surface area (Å²) >= 11 is 1.51. The molecule has 2 rings (SSSR count).